The maximum atomic E-state index is 9.35. The van der Waals surface area contributed by atoms with Crippen molar-refractivity contribution in [2.24, 2.45) is 11.3 Å². The highest BCUT2D eigenvalue weighted by Gasteiger charge is 2.65. The highest BCUT2D eigenvalue weighted by atomic mass is 16.3. The van der Waals surface area contributed by atoms with Crippen molar-refractivity contribution in [3.05, 3.63) is 0 Å². The smallest absolute Gasteiger partial charge is 0.0879 e. The van der Waals surface area contributed by atoms with Crippen LogP contribution in [0.2, 0.25) is 0 Å². The third kappa shape index (κ3) is 0.557. The van der Waals surface area contributed by atoms with Crippen LogP contribution in [-0.2, 0) is 0 Å². The van der Waals surface area contributed by atoms with Gasteiger partial charge in [0.15, 0.2) is 0 Å². The Hall–Kier alpha value is -0.120. The Morgan fingerprint density at radius 1 is 1.40 bits per heavy atom. The molecule has 4 atom stereocenters. The van der Waals surface area contributed by atoms with E-state index < -0.39 is 12.2 Å². The Labute approximate surface area is 59.3 Å². The molecule has 2 saturated carbocycles. The lowest BCUT2D eigenvalue weighted by Crippen LogP contribution is -2.31. The minimum atomic E-state index is -0.678. The molecule has 0 aliphatic heterocycles. The maximum absolute atomic E-state index is 9.35. The molecule has 0 bridgehead atoms. The minimum absolute atomic E-state index is 0.0237. The summed E-state index contributed by atoms with van der Waals surface area (Å²) < 4.78 is 0. The van der Waals surface area contributed by atoms with Crippen LogP contribution < -0.4 is 0 Å². The van der Waals surface area contributed by atoms with Crippen LogP contribution in [0.25, 0.3) is 0 Å². The molecule has 2 rings (SSSR count). The fraction of sp³-hybridized carbons (Fsp3) is 1.00. The van der Waals surface area contributed by atoms with Crippen molar-refractivity contribution in [2.75, 3.05) is 6.61 Å². The Balaban J connectivity index is 2.15. The second kappa shape index (κ2) is 1.72. The van der Waals surface area contributed by atoms with Gasteiger partial charge in [0, 0.05) is 5.41 Å². The van der Waals surface area contributed by atoms with Crippen molar-refractivity contribution in [1.29, 1.82) is 0 Å². The van der Waals surface area contributed by atoms with E-state index in [1.54, 1.807) is 0 Å². The van der Waals surface area contributed by atoms with E-state index in [4.69, 9.17) is 10.2 Å². The monoisotopic (exact) mass is 144 g/mol. The van der Waals surface area contributed by atoms with Gasteiger partial charge in [-0.3, -0.25) is 0 Å². The summed E-state index contributed by atoms with van der Waals surface area (Å²) in [5.74, 6) is 0.377. The average molecular weight is 144 g/mol. The predicted molar refractivity (Wildman–Crippen MR) is 34.3 cm³/mol. The summed E-state index contributed by atoms with van der Waals surface area (Å²) in [7, 11) is 0. The molecule has 3 heteroatoms. The molecular weight excluding hydrogens is 132 g/mol. The lowest BCUT2D eigenvalue weighted by Gasteiger charge is -2.18. The molecule has 0 aromatic carbocycles. The van der Waals surface area contributed by atoms with Gasteiger partial charge in [-0.25, -0.2) is 0 Å². The van der Waals surface area contributed by atoms with E-state index in [-0.39, 0.29) is 12.0 Å². The molecule has 0 aromatic heterocycles. The van der Waals surface area contributed by atoms with E-state index in [1.165, 1.54) is 0 Å². The molecule has 0 spiro atoms. The molecule has 2 fully saturated rings. The molecule has 58 valence electrons. The fourth-order valence-electron chi connectivity index (χ4n) is 2.17. The van der Waals surface area contributed by atoms with Crippen molar-refractivity contribution in [3.8, 4) is 0 Å². The molecule has 2 unspecified atom stereocenters. The first-order valence-corrected chi connectivity index (χ1v) is 3.68. The Bertz CT molecular complexity index is 155. The van der Waals surface area contributed by atoms with Gasteiger partial charge in [0.1, 0.15) is 0 Å². The molecular formula is C7H12O3. The number of aliphatic hydroxyl groups excluding tert-OH is 3. The zero-order valence-corrected chi connectivity index (χ0v) is 5.70. The van der Waals surface area contributed by atoms with Crippen LogP contribution in [-0.4, -0.2) is 34.1 Å². The normalized spacial score (nSPS) is 58.5. The van der Waals surface area contributed by atoms with Crippen molar-refractivity contribution in [1.82, 2.24) is 0 Å². The Morgan fingerprint density at radius 3 is 2.40 bits per heavy atom. The SMILES string of the molecule is OCC12CC1C[C@H](O)[C@@H]2O. The van der Waals surface area contributed by atoms with Gasteiger partial charge in [0.25, 0.3) is 0 Å². The lowest BCUT2D eigenvalue weighted by atomic mass is 10.0. The standard InChI is InChI=1S/C7H12O3/c8-3-7-2-4(7)1-5(9)6(7)10/h4-6,8-10H,1-3H2/t4?,5-,6-,7?/m0/s1. The van der Waals surface area contributed by atoms with Crippen LogP contribution in [0.1, 0.15) is 12.8 Å². The summed E-state index contributed by atoms with van der Waals surface area (Å²) in [6, 6.07) is 0. The molecule has 0 heterocycles. The molecule has 10 heavy (non-hydrogen) atoms. The number of aliphatic hydroxyl groups is 3. The molecule has 0 saturated heterocycles. The van der Waals surface area contributed by atoms with Crippen LogP contribution >= 0.6 is 0 Å². The van der Waals surface area contributed by atoms with E-state index in [2.05, 4.69) is 0 Å². The largest absolute Gasteiger partial charge is 0.396 e. The van der Waals surface area contributed by atoms with Gasteiger partial charge >= 0.3 is 0 Å². The molecule has 3 N–H and O–H groups in total. The van der Waals surface area contributed by atoms with Gasteiger partial charge < -0.3 is 15.3 Å². The highest BCUT2D eigenvalue weighted by molar-refractivity contribution is 5.14. The van der Waals surface area contributed by atoms with E-state index in [1.807, 2.05) is 0 Å². The van der Waals surface area contributed by atoms with Gasteiger partial charge in [-0.05, 0) is 18.8 Å². The molecule has 2 aliphatic rings. The van der Waals surface area contributed by atoms with E-state index >= 15 is 0 Å². The molecule has 2 aliphatic carbocycles. The first-order valence-electron chi connectivity index (χ1n) is 3.68. The summed E-state index contributed by atoms with van der Waals surface area (Å²) in [5, 5.41) is 27.4. The van der Waals surface area contributed by atoms with Crippen LogP contribution in [0, 0.1) is 11.3 Å². The minimum Gasteiger partial charge on any atom is -0.396 e. The summed E-state index contributed by atoms with van der Waals surface area (Å²) in [4.78, 5) is 0. The summed E-state index contributed by atoms with van der Waals surface area (Å²) >= 11 is 0. The number of rotatable bonds is 1. The van der Waals surface area contributed by atoms with Gasteiger partial charge in [0.2, 0.25) is 0 Å². The van der Waals surface area contributed by atoms with Crippen molar-refractivity contribution < 1.29 is 15.3 Å². The van der Waals surface area contributed by atoms with E-state index in [0.29, 0.717) is 12.3 Å². The predicted octanol–water partition coefficient (Wildman–Crippen LogP) is -0.890. The summed E-state index contributed by atoms with van der Waals surface area (Å²) in [6.07, 6.45) is 0.289. The first-order chi connectivity index (χ1) is 4.70. The number of hydrogen-bond acceptors (Lipinski definition) is 3. The average Bonchev–Trinajstić information content (AvgIpc) is 2.57. The zero-order valence-electron chi connectivity index (χ0n) is 5.70. The number of hydrogen-bond donors (Lipinski definition) is 3. The van der Waals surface area contributed by atoms with Gasteiger partial charge in [-0.1, -0.05) is 0 Å². The van der Waals surface area contributed by atoms with Crippen molar-refractivity contribution >= 4 is 0 Å². The van der Waals surface area contributed by atoms with E-state index in [0.717, 1.165) is 6.42 Å². The van der Waals surface area contributed by atoms with Crippen molar-refractivity contribution in [3.63, 3.8) is 0 Å². The summed E-state index contributed by atoms with van der Waals surface area (Å²) in [5.41, 5.74) is -0.306. The van der Waals surface area contributed by atoms with Gasteiger partial charge in [0.05, 0.1) is 18.8 Å². The fourth-order valence-corrected chi connectivity index (χ4v) is 2.17. The highest BCUT2D eigenvalue weighted by Crippen LogP contribution is 2.62. The van der Waals surface area contributed by atoms with Gasteiger partial charge in [-0.15, -0.1) is 0 Å². The molecule has 0 amide bonds. The van der Waals surface area contributed by atoms with E-state index in [9.17, 15) is 5.11 Å². The molecule has 3 nitrogen and oxygen atoms in total. The third-order valence-corrected chi connectivity index (χ3v) is 3.05. The molecule has 0 aromatic rings. The summed E-state index contributed by atoms with van der Waals surface area (Å²) in [6.45, 7) is 0.0237. The molecule has 0 radical (unpaired) electrons. The van der Waals surface area contributed by atoms with Gasteiger partial charge in [-0.2, -0.15) is 0 Å². The third-order valence-electron chi connectivity index (χ3n) is 3.05. The van der Waals surface area contributed by atoms with Crippen LogP contribution in [0.4, 0.5) is 0 Å². The quantitative estimate of drug-likeness (QED) is 0.447. The van der Waals surface area contributed by atoms with Crippen LogP contribution in [0.5, 0.6) is 0 Å². The van der Waals surface area contributed by atoms with Crippen LogP contribution in [0.15, 0.2) is 0 Å². The first kappa shape index (κ1) is 6.58. The second-order valence-electron chi connectivity index (χ2n) is 3.54. The second-order valence-corrected chi connectivity index (χ2v) is 3.54. The Morgan fingerprint density at radius 2 is 2.10 bits per heavy atom. The topological polar surface area (TPSA) is 60.7 Å². The number of fused-ring (bicyclic) bond motifs is 1. The lowest BCUT2D eigenvalue weighted by molar-refractivity contribution is -0.0184. The Kier molecular flexibility index (Phi) is 1.14. The van der Waals surface area contributed by atoms with Crippen LogP contribution in [0.3, 0.4) is 0 Å². The zero-order chi connectivity index (χ0) is 7.35. The van der Waals surface area contributed by atoms with Crippen molar-refractivity contribution in [2.45, 2.75) is 25.0 Å². The maximum Gasteiger partial charge on any atom is 0.0879 e.